The van der Waals surface area contributed by atoms with E-state index >= 15 is 0 Å². The van der Waals surface area contributed by atoms with Gasteiger partial charge in [-0.25, -0.2) is 4.39 Å². The van der Waals surface area contributed by atoms with E-state index in [-0.39, 0.29) is 5.82 Å². The molecule has 0 atom stereocenters. The molecule has 0 amide bonds. The highest BCUT2D eigenvalue weighted by molar-refractivity contribution is 5.96. The molecule has 84 valence electrons. The van der Waals surface area contributed by atoms with Crippen LogP contribution in [0, 0.1) is 5.82 Å². The van der Waals surface area contributed by atoms with Gasteiger partial charge in [-0.05, 0) is 53.3 Å². The first-order valence-electron chi connectivity index (χ1n) is 5.79. The van der Waals surface area contributed by atoms with Gasteiger partial charge in [-0.1, -0.05) is 36.4 Å². The van der Waals surface area contributed by atoms with Crippen LogP contribution in [0.4, 0.5) is 4.39 Å². The molecule has 1 aliphatic rings. The van der Waals surface area contributed by atoms with Gasteiger partial charge in [0.25, 0.3) is 0 Å². The van der Waals surface area contributed by atoms with Crippen molar-refractivity contribution in [2.24, 2.45) is 0 Å². The first kappa shape index (κ1) is 10.3. The van der Waals surface area contributed by atoms with Crippen LogP contribution in [-0.2, 0) is 6.42 Å². The van der Waals surface area contributed by atoms with Crippen molar-refractivity contribution >= 4 is 11.1 Å². The average molecular weight is 224 g/mol. The van der Waals surface area contributed by atoms with E-state index in [9.17, 15) is 4.39 Å². The van der Waals surface area contributed by atoms with Gasteiger partial charge in [0.05, 0.1) is 0 Å². The summed E-state index contributed by atoms with van der Waals surface area (Å²) in [5, 5.41) is 0. The Kier molecular flexibility index (Phi) is 2.32. The molecule has 3 rings (SSSR count). The lowest BCUT2D eigenvalue weighted by atomic mass is 10.0. The molecular weight excluding hydrogens is 211 g/mol. The molecule has 0 nitrogen and oxygen atoms in total. The Morgan fingerprint density at radius 2 is 1.76 bits per heavy atom. The van der Waals surface area contributed by atoms with Crippen LogP contribution in [-0.4, -0.2) is 0 Å². The monoisotopic (exact) mass is 224 g/mol. The van der Waals surface area contributed by atoms with Gasteiger partial charge in [0.2, 0.25) is 0 Å². The molecule has 0 unspecified atom stereocenters. The summed E-state index contributed by atoms with van der Waals surface area (Å²) < 4.78 is 13.2. The third kappa shape index (κ3) is 1.68. The molecule has 17 heavy (non-hydrogen) atoms. The fourth-order valence-corrected chi connectivity index (χ4v) is 2.52. The molecule has 0 fully saturated rings. The first-order valence-corrected chi connectivity index (χ1v) is 5.79. The quantitative estimate of drug-likeness (QED) is 0.677. The van der Waals surface area contributed by atoms with Crippen molar-refractivity contribution in [2.75, 3.05) is 0 Å². The summed E-state index contributed by atoms with van der Waals surface area (Å²) in [5.41, 5.74) is 6.10. The third-order valence-electron chi connectivity index (χ3n) is 3.41. The van der Waals surface area contributed by atoms with Crippen molar-refractivity contribution < 1.29 is 4.39 Å². The Morgan fingerprint density at radius 1 is 1.00 bits per heavy atom. The van der Waals surface area contributed by atoms with Crippen molar-refractivity contribution in [3.8, 4) is 0 Å². The van der Waals surface area contributed by atoms with Crippen molar-refractivity contribution in [3.63, 3.8) is 0 Å². The third-order valence-corrected chi connectivity index (χ3v) is 3.41. The summed E-state index contributed by atoms with van der Waals surface area (Å²) in [6, 6.07) is 15.4. The van der Waals surface area contributed by atoms with Crippen LogP contribution in [0.1, 0.15) is 23.6 Å². The minimum absolute atomic E-state index is 0.147. The Balaban J connectivity index is 2.10. The summed E-state index contributed by atoms with van der Waals surface area (Å²) in [4.78, 5) is 0. The Hall–Kier alpha value is -1.89. The second kappa shape index (κ2) is 3.85. The molecule has 1 heteroatoms. The van der Waals surface area contributed by atoms with Crippen molar-refractivity contribution in [1.29, 1.82) is 0 Å². The molecule has 0 N–H and O–H groups in total. The molecule has 0 aliphatic heterocycles. The Morgan fingerprint density at radius 3 is 2.53 bits per heavy atom. The summed E-state index contributed by atoms with van der Waals surface area (Å²) in [6.45, 7) is 2.12. The predicted octanol–water partition coefficient (Wildman–Crippen LogP) is 4.31. The molecular formula is C16H13F. The molecule has 0 saturated heterocycles. The van der Waals surface area contributed by atoms with Crippen molar-refractivity contribution in [3.05, 3.63) is 71.0 Å². The molecule has 0 aromatic heterocycles. The molecule has 0 bridgehead atoms. The van der Waals surface area contributed by atoms with Crippen LogP contribution in [0.5, 0.6) is 0 Å². The number of benzene rings is 2. The summed E-state index contributed by atoms with van der Waals surface area (Å²) in [7, 11) is 0. The van der Waals surface area contributed by atoms with E-state index < -0.39 is 0 Å². The number of rotatable bonds is 1. The van der Waals surface area contributed by atoms with E-state index in [1.165, 1.54) is 28.3 Å². The molecule has 2 aromatic carbocycles. The van der Waals surface area contributed by atoms with E-state index in [2.05, 4.69) is 19.1 Å². The summed E-state index contributed by atoms with van der Waals surface area (Å²) in [6.07, 6.45) is 0.836. The maximum Gasteiger partial charge on any atom is 0.123 e. The molecule has 0 radical (unpaired) electrons. The fourth-order valence-electron chi connectivity index (χ4n) is 2.52. The normalized spacial score (nSPS) is 14.0. The topological polar surface area (TPSA) is 0 Å². The molecule has 0 spiro atoms. The van der Waals surface area contributed by atoms with Crippen LogP contribution in [0.15, 0.2) is 48.5 Å². The molecule has 0 saturated carbocycles. The zero-order valence-corrected chi connectivity index (χ0v) is 9.70. The number of halogens is 1. The second-order valence-corrected chi connectivity index (χ2v) is 4.45. The van der Waals surface area contributed by atoms with E-state index in [0.717, 1.165) is 12.0 Å². The van der Waals surface area contributed by atoms with Crippen LogP contribution in [0.3, 0.4) is 0 Å². The number of hydrogen-bond donors (Lipinski definition) is 0. The zero-order valence-electron chi connectivity index (χ0n) is 9.70. The second-order valence-electron chi connectivity index (χ2n) is 4.45. The van der Waals surface area contributed by atoms with Crippen LogP contribution >= 0.6 is 0 Å². The van der Waals surface area contributed by atoms with Crippen LogP contribution < -0.4 is 0 Å². The van der Waals surface area contributed by atoms with Gasteiger partial charge in [-0.2, -0.15) is 0 Å². The van der Waals surface area contributed by atoms with Crippen molar-refractivity contribution in [1.82, 2.24) is 0 Å². The lowest BCUT2D eigenvalue weighted by molar-refractivity contribution is 0.626. The minimum Gasteiger partial charge on any atom is -0.207 e. The van der Waals surface area contributed by atoms with Crippen LogP contribution in [0.2, 0.25) is 0 Å². The number of hydrogen-bond acceptors (Lipinski definition) is 0. The maximum atomic E-state index is 13.2. The standard InChI is InChI=1S/C16H13F/c1-11-15-8-7-14(17)9-13(15)10-16(11)12-5-3-2-4-6-12/h2-9H,10H2,1H3. The number of allylic oxidation sites excluding steroid dienone is 2. The van der Waals surface area contributed by atoms with E-state index in [1.807, 2.05) is 24.3 Å². The van der Waals surface area contributed by atoms with E-state index in [1.54, 1.807) is 6.07 Å². The lowest BCUT2D eigenvalue weighted by Crippen LogP contribution is -1.86. The summed E-state index contributed by atoms with van der Waals surface area (Å²) >= 11 is 0. The first-order chi connectivity index (χ1) is 8.25. The van der Waals surface area contributed by atoms with Gasteiger partial charge in [0.15, 0.2) is 0 Å². The molecule has 1 aliphatic carbocycles. The van der Waals surface area contributed by atoms with E-state index in [0.29, 0.717) is 0 Å². The van der Waals surface area contributed by atoms with Gasteiger partial charge >= 0.3 is 0 Å². The number of fused-ring (bicyclic) bond motifs is 1. The van der Waals surface area contributed by atoms with Gasteiger partial charge in [-0.15, -0.1) is 0 Å². The Bertz CT molecular complexity index is 594. The highest BCUT2D eigenvalue weighted by atomic mass is 19.1. The highest BCUT2D eigenvalue weighted by Gasteiger charge is 2.19. The highest BCUT2D eigenvalue weighted by Crippen LogP contribution is 2.38. The van der Waals surface area contributed by atoms with Gasteiger partial charge < -0.3 is 0 Å². The van der Waals surface area contributed by atoms with Gasteiger partial charge in [0.1, 0.15) is 5.82 Å². The Labute approximate surface area is 100 Å². The smallest absolute Gasteiger partial charge is 0.123 e. The van der Waals surface area contributed by atoms with Crippen molar-refractivity contribution in [2.45, 2.75) is 13.3 Å². The van der Waals surface area contributed by atoms with E-state index in [4.69, 9.17) is 0 Å². The largest absolute Gasteiger partial charge is 0.207 e. The maximum absolute atomic E-state index is 13.2. The minimum atomic E-state index is -0.147. The molecule has 2 aromatic rings. The molecule has 0 heterocycles. The van der Waals surface area contributed by atoms with Gasteiger partial charge in [-0.3, -0.25) is 0 Å². The predicted molar refractivity (Wildman–Crippen MR) is 69.0 cm³/mol. The van der Waals surface area contributed by atoms with Crippen LogP contribution in [0.25, 0.3) is 11.1 Å². The van der Waals surface area contributed by atoms with Gasteiger partial charge in [0, 0.05) is 0 Å². The lowest BCUT2D eigenvalue weighted by Gasteiger charge is -2.03. The average Bonchev–Trinajstić information content (AvgIpc) is 2.67. The zero-order chi connectivity index (χ0) is 11.8. The SMILES string of the molecule is CC1=C(c2ccccc2)Cc2cc(F)ccc21. The summed E-state index contributed by atoms with van der Waals surface area (Å²) in [5.74, 6) is -0.147. The fraction of sp³-hybridized carbons (Fsp3) is 0.125.